The Hall–Kier alpha value is 0.952. The third-order valence-corrected chi connectivity index (χ3v) is 2.80. The molecule has 0 aliphatic heterocycles. The van der Waals surface area contributed by atoms with Crippen LogP contribution in [0, 0.1) is 0 Å². The molecular weight excluding hydrogens is 565 g/mol. The number of hydrogen-bond acceptors (Lipinski definition) is 5. The van der Waals surface area contributed by atoms with E-state index in [1.165, 1.54) is 0 Å². The van der Waals surface area contributed by atoms with E-state index in [9.17, 15) is 19.2 Å². The molecule has 2 unspecified atom stereocenters. The first kappa shape index (κ1) is 33.5. The number of unbranched alkanes of at least 4 members (excludes halogenated alkanes) is 1. The molecule has 0 aliphatic carbocycles. The molecule has 0 saturated heterocycles. The fourth-order valence-corrected chi connectivity index (χ4v) is 1.63. The third kappa shape index (κ3) is 18.1. The van der Waals surface area contributed by atoms with Crippen molar-refractivity contribution >= 4 is 23.9 Å². The van der Waals surface area contributed by atoms with Gasteiger partial charge in [-0.05, 0) is 32.2 Å². The van der Waals surface area contributed by atoms with E-state index in [1.54, 1.807) is 0 Å². The van der Waals surface area contributed by atoms with E-state index < -0.39 is 42.4 Å². The molecular formula is C12H21N3O7Y3. The zero-order valence-electron chi connectivity index (χ0n) is 13.7. The number of nitrogens with two attached hydrogens (primary N) is 1. The molecule has 0 aromatic carbocycles. The summed E-state index contributed by atoms with van der Waals surface area (Å²) in [5, 5.41) is 30.6. The average Bonchev–Trinajstić information content (AvgIpc) is 2.41. The van der Waals surface area contributed by atoms with Gasteiger partial charge in [0.25, 0.3) is 0 Å². The van der Waals surface area contributed by atoms with Crippen molar-refractivity contribution in [1.82, 2.24) is 10.6 Å². The number of urea groups is 1. The molecule has 0 fully saturated rings. The van der Waals surface area contributed by atoms with Crippen molar-refractivity contribution < 1.29 is 133 Å². The van der Waals surface area contributed by atoms with Gasteiger partial charge in [-0.2, -0.15) is 0 Å². The molecule has 2 amide bonds. The van der Waals surface area contributed by atoms with Gasteiger partial charge in [0.2, 0.25) is 0 Å². The number of aliphatic carboxylic acids is 3. The molecule has 2 atom stereocenters. The van der Waals surface area contributed by atoms with Gasteiger partial charge in [0.05, 0.1) is 0 Å². The number of carbonyl (C=O) groups excluding carboxylic acids is 1. The van der Waals surface area contributed by atoms with Crippen LogP contribution in [-0.2, 0) is 113 Å². The van der Waals surface area contributed by atoms with Crippen LogP contribution in [0.3, 0.4) is 0 Å². The van der Waals surface area contributed by atoms with Gasteiger partial charge >= 0.3 is 23.9 Å². The van der Waals surface area contributed by atoms with Crippen LogP contribution in [0.1, 0.15) is 32.1 Å². The number of carbonyl (C=O) groups is 4. The first-order valence-electron chi connectivity index (χ1n) is 6.72. The Labute approximate surface area is 220 Å². The zero-order valence-corrected chi connectivity index (χ0v) is 22.2. The molecule has 7 N–H and O–H groups in total. The molecule has 10 nitrogen and oxygen atoms in total. The summed E-state index contributed by atoms with van der Waals surface area (Å²) in [6, 6.07) is -3.55. The monoisotopic (exact) mass is 586 g/mol. The van der Waals surface area contributed by atoms with Gasteiger partial charge in [-0.1, -0.05) is 0 Å². The predicted octanol–water partition coefficient (Wildman–Crippen LogP) is -0.822. The maximum Gasteiger partial charge on any atom is 0.326 e. The summed E-state index contributed by atoms with van der Waals surface area (Å²) in [4.78, 5) is 44.0. The maximum atomic E-state index is 11.6. The fraction of sp³-hybridized carbons (Fsp3) is 0.667. The number of rotatable bonds is 11. The number of hydrogen-bond donors (Lipinski definition) is 6. The van der Waals surface area contributed by atoms with Crippen molar-refractivity contribution in [3.63, 3.8) is 0 Å². The summed E-state index contributed by atoms with van der Waals surface area (Å²) >= 11 is 0. The van der Waals surface area contributed by atoms with Crippen LogP contribution in [0.4, 0.5) is 4.79 Å². The minimum atomic E-state index is -1.41. The predicted molar refractivity (Wildman–Crippen MR) is 74.3 cm³/mol. The first-order valence-corrected chi connectivity index (χ1v) is 6.72. The van der Waals surface area contributed by atoms with E-state index in [0.717, 1.165) is 0 Å². The molecule has 0 heterocycles. The van der Waals surface area contributed by atoms with E-state index in [-0.39, 0.29) is 111 Å². The van der Waals surface area contributed by atoms with Crippen LogP contribution in [-0.4, -0.2) is 57.9 Å². The second kappa shape index (κ2) is 19.7. The van der Waals surface area contributed by atoms with Crippen LogP contribution in [0.2, 0.25) is 0 Å². The van der Waals surface area contributed by atoms with Gasteiger partial charge in [-0.3, -0.25) is 4.79 Å². The number of nitrogens with one attached hydrogen (secondary N) is 2. The Morgan fingerprint density at radius 1 is 0.800 bits per heavy atom. The summed E-state index contributed by atoms with van der Waals surface area (Å²) in [6.45, 7) is 0.398. The molecule has 0 saturated carbocycles. The van der Waals surface area contributed by atoms with E-state index in [2.05, 4.69) is 5.32 Å². The minimum Gasteiger partial charge on any atom is -0.481 e. The van der Waals surface area contributed by atoms with E-state index in [0.29, 0.717) is 19.4 Å². The quantitative estimate of drug-likeness (QED) is 0.170. The van der Waals surface area contributed by atoms with Gasteiger partial charge in [0.1, 0.15) is 12.1 Å². The summed E-state index contributed by atoms with van der Waals surface area (Å²) in [6.07, 6.45) is 0.518. The zero-order chi connectivity index (χ0) is 17.1. The molecule has 25 heavy (non-hydrogen) atoms. The molecule has 0 aliphatic rings. The number of carboxylic acid groups (broad SMARTS) is 3. The second-order valence-corrected chi connectivity index (χ2v) is 4.62. The van der Waals surface area contributed by atoms with Crippen molar-refractivity contribution in [2.45, 2.75) is 44.2 Å². The average molecular weight is 586 g/mol. The number of carboxylic acids is 3. The Balaban J connectivity index is -0.000000735. The summed E-state index contributed by atoms with van der Waals surface area (Å²) in [5.74, 6) is -3.84. The molecule has 0 spiro atoms. The summed E-state index contributed by atoms with van der Waals surface area (Å²) in [5.41, 5.74) is 5.29. The van der Waals surface area contributed by atoms with E-state index in [4.69, 9.17) is 21.1 Å². The summed E-state index contributed by atoms with van der Waals surface area (Å²) < 4.78 is 0. The molecule has 0 aromatic heterocycles. The van der Waals surface area contributed by atoms with Gasteiger partial charge in [0, 0.05) is 105 Å². The van der Waals surface area contributed by atoms with Gasteiger partial charge in [-0.25, -0.2) is 14.4 Å². The van der Waals surface area contributed by atoms with Gasteiger partial charge in [0.15, 0.2) is 0 Å². The largest absolute Gasteiger partial charge is 0.481 e. The molecule has 135 valence electrons. The van der Waals surface area contributed by atoms with Crippen LogP contribution >= 0.6 is 0 Å². The van der Waals surface area contributed by atoms with Crippen molar-refractivity contribution in [2.75, 3.05) is 6.54 Å². The molecule has 3 radical (unpaired) electrons. The van der Waals surface area contributed by atoms with E-state index in [1.807, 2.05) is 5.32 Å². The van der Waals surface area contributed by atoms with Crippen molar-refractivity contribution in [2.24, 2.45) is 5.73 Å². The van der Waals surface area contributed by atoms with Crippen LogP contribution in [0.15, 0.2) is 0 Å². The first-order chi connectivity index (χ1) is 10.3. The standard InChI is InChI=1S/C12H21N3O7.3Y/c13-6-2-1-3-7(10(18)19)14-12(22)15-8(11(20)21)4-5-9(16)17;;;/h7-8H,1-6,13H2,(H,16,17)(H,18,19)(H,20,21)(H2,14,15,22);;;. The molecule has 0 bridgehead atoms. The van der Waals surface area contributed by atoms with Crippen LogP contribution in [0.5, 0.6) is 0 Å². The maximum absolute atomic E-state index is 11.6. The Morgan fingerprint density at radius 2 is 1.24 bits per heavy atom. The Morgan fingerprint density at radius 3 is 1.60 bits per heavy atom. The number of amides is 2. The topological polar surface area (TPSA) is 179 Å². The van der Waals surface area contributed by atoms with Crippen molar-refractivity contribution in [3.05, 3.63) is 0 Å². The second-order valence-electron chi connectivity index (χ2n) is 4.62. The van der Waals surface area contributed by atoms with Crippen LogP contribution in [0.25, 0.3) is 0 Å². The fourth-order valence-electron chi connectivity index (χ4n) is 1.63. The smallest absolute Gasteiger partial charge is 0.326 e. The SMILES string of the molecule is NCCCCC(NC(=O)NC(CCC(=O)O)C(=O)O)C(=O)O.[Y].[Y].[Y]. The van der Waals surface area contributed by atoms with E-state index >= 15 is 0 Å². The van der Waals surface area contributed by atoms with Crippen molar-refractivity contribution in [3.8, 4) is 0 Å². The molecule has 13 heteroatoms. The Kier molecular flexibility index (Phi) is 26.4. The Bertz CT molecular complexity index is 427. The third-order valence-electron chi connectivity index (χ3n) is 2.80. The van der Waals surface area contributed by atoms with Gasteiger partial charge < -0.3 is 31.7 Å². The summed E-state index contributed by atoms with van der Waals surface area (Å²) in [7, 11) is 0. The molecule has 0 rings (SSSR count). The van der Waals surface area contributed by atoms with Crippen LogP contribution < -0.4 is 16.4 Å². The minimum absolute atomic E-state index is 0. The normalized spacial score (nSPS) is 11.4. The molecule has 0 aromatic rings. The van der Waals surface area contributed by atoms with Gasteiger partial charge in [-0.15, -0.1) is 0 Å². The van der Waals surface area contributed by atoms with Crippen molar-refractivity contribution in [1.29, 1.82) is 0 Å².